The monoisotopic (exact) mass is 586 g/mol. The van der Waals surface area contributed by atoms with Crippen LogP contribution in [0.1, 0.15) is 44.0 Å². The molecule has 3 aromatic carbocycles. The van der Waals surface area contributed by atoms with Crippen LogP contribution in [-0.4, -0.2) is 21.8 Å². The molecular weight excluding hydrogens is 561 g/mol. The van der Waals surface area contributed by atoms with Gasteiger partial charge >= 0.3 is 6.18 Å². The highest BCUT2D eigenvalue weighted by Crippen LogP contribution is 2.42. The Morgan fingerprint density at radius 3 is 1.81 bits per heavy atom. The maximum Gasteiger partial charge on any atom is 0.417 e. The Morgan fingerprint density at radius 1 is 0.786 bits per heavy atom. The molecule has 0 fully saturated rings. The maximum absolute atomic E-state index is 13.5. The molecule has 5 aromatic rings. The van der Waals surface area contributed by atoms with Gasteiger partial charge in [0.15, 0.2) is 0 Å². The van der Waals surface area contributed by atoms with E-state index in [1.165, 1.54) is 6.92 Å². The molecule has 42 heavy (non-hydrogen) atoms. The molecule has 0 atom stereocenters. The summed E-state index contributed by atoms with van der Waals surface area (Å²) in [5, 5.41) is 0.000603. The van der Waals surface area contributed by atoms with Gasteiger partial charge in [-0.1, -0.05) is 91.0 Å². The van der Waals surface area contributed by atoms with E-state index in [1.807, 2.05) is 91.0 Å². The number of pyridine rings is 1. The fraction of sp³-hybridized carbons (Fsp3) is 0.125. The smallest absolute Gasteiger partial charge is 0.273 e. The van der Waals surface area contributed by atoms with Crippen molar-refractivity contribution in [3.05, 3.63) is 142 Å². The summed E-state index contributed by atoms with van der Waals surface area (Å²) in [5.74, 6) is -1.15. The lowest BCUT2D eigenvalue weighted by Gasteiger charge is -2.35. The molecule has 2 amide bonds. The molecule has 6 nitrogen and oxygen atoms in total. The summed E-state index contributed by atoms with van der Waals surface area (Å²) in [4.78, 5) is 34.6. The Labute approximate surface area is 244 Å². The average molecular weight is 587 g/mol. The summed E-state index contributed by atoms with van der Waals surface area (Å²) >= 11 is 0.792. The summed E-state index contributed by atoms with van der Waals surface area (Å²) in [7, 11) is 0. The number of hydrogen-bond donors (Lipinski definition) is 2. The van der Waals surface area contributed by atoms with Crippen molar-refractivity contribution in [2.75, 3.05) is 0 Å². The van der Waals surface area contributed by atoms with Crippen LogP contribution in [0.25, 0.3) is 10.6 Å². The summed E-state index contributed by atoms with van der Waals surface area (Å²) in [6.45, 7) is 1.52. The molecule has 0 bridgehead atoms. The highest BCUT2D eigenvalue weighted by atomic mass is 32.1. The molecule has 0 aliphatic heterocycles. The molecule has 0 saturated heterocycles. The number of alkyl halides is 3. The van der Waals surface area contributed by atoms with Crippen molar-refractivity contribution < 1.29 is 22.8 Å². The molecule has 0 aliphatic carbocycles. The van der Waals surface area contributed by atoms with Gasteiger partial charge in [-0.3, -0.25) is 25.4 Å². The van der Waals surface area contributed by atoms with Crippen LogP contribution in [0.15, 0.2) is 109 Å². The van der Waals surface area contributed by atoms with E-state index in [0.717, 1.165) is 46.5 Å². The van der Waals surface area contributed by atoms with Gasteiger partial charge in [-0.15, -0.1) is 11.3 Å². The maximum atomic E-state index is 13.5. The number of aromatic nitrogens is 2. The Bertz CT molecular complexity index is 1600. The lowest BCUT2D eigenvalue weighted by molar-refractivity contribution is -0.137. The number of nitrogens with one attached hydrogen (secondary N) is 2. The standard InChI is InChI=1S/C32H25F3N4O2S/c1-21-28(42-30(37-21)25-20-36-18-17-26(25)32(33,34)35)29(41)39-38-27(40)19-31(22-11-5-2-6-12-22,23-13-7-3-8-14-23)24-15-9-4-10-16-24/h2-18,20H,19H2,1H3,(H,38,40)(H,39,41). The van der Waals surface area contributed by atoms with Crippen molar-refractivity contribution in [2.45, 2.75) is 24.9 Å². The minimum Gasteiger partial charge on any atom is -0.273 e. The Morgan fingerprint density at radius 2 is 1.31 bits per heavy atom. The Kier molecular flexibility index (Phi) is 8.17. The predicted molar refractivity (Wildman–Crippen MR) is 155 cm³/mol. The number of benzene rings is 3. The normalized spacial score (nSPS) is 11.6. The minimum absolute atomic E-state index is 0.000603. The van der Waals surface area contributed by atoms with Crippen LogP contribution in [0.5, 0.6) is 0 Å². The summed E-state index contributed by atoms with van der Waals surface area (Å²) in [6, 6.07) is 29.8. The number of halogens is 3. The zero-order valence-electron chi connectivity index (χ0n) is 22.4. The van der Waals surface area contributed by atoms with Gasteiger partial charge in [-0.05, 0) is 29.7 Å². The minimum atomic E-state index is -4.61. The number of amides is 2. The second-order valence-corrected chi connectivity index (χ2v) is 10.5. The number of thiazole rings is 1. The fourth-order valence-corrected chi connectivity index (χ4v) is 5.96. The van der Waals surface area contributed by atoms with E-state index in [0.29, 0.717) is 0 Å². The molecule has 0 aliphatic rings. The zero-order valence-corrected chi connectivity index (χ0v) is 23.2. The van der Waals surface area contributed by atoms with E-state index >= 15 is 0 Å². The van der Waals surface area contributed by atoms with E-state index in [4.69, 9.17) is 0 Å². The van der Waals surface area contributed by atoms with Crippen LogP contribution in [0, 0.1) is 6.92 Å². The van der Waals surface area contributed by atoms with Crippen molar-refractivity contribution in [1.82, 2.24) is 20.8 Å². The number of hydrazine groups is 1. The van der Waals surface area contributed by atoms with Crippen LogP contribution in [0.3, 0.4) is 0 Å². The predicted octanol–water partition coefficient (Wildman–Crippen LogP) is 6.72. The number of nitrogens with zero attached hydrogens (tertiary/aromatic N) is 2. The van der Waals surface area contributed by atoms with Crippen LogP contribution in [0.4, 0.5) is 13.2 Å². The van der Waals surface area contributed by atoms with Crippen LogP contribution < -0.4 is 10.9 Å². The summed E-state index contributed by atoms with van der Waals surface area (Å²) in [6.07, 6.45) is -2.53. The molecule has 0 unspecified atom stereocenters. The zero-order chi connectivity index (χ0) is 29.7. The third-order valence-corrected chi connectivity index (χ3v) is 8.09. The second-order valence-electron chi connectivity index (χ2n) is 9.54. The highest BCUT2D eigenvalue weighted by molar-refractivity contribution is 7.17. The number of rotatable bonds is 7. The molecule has 2 aromatic heterocycles. The first kappa shape index (κ1) is 28.7. The molecule has 212 valence electrons. The van der Waals surface area contributed by atoms with Crippen LogP contribution in [-0.2, 0) is 16.4 Å². The van der Waals surface area contributed by atoms with Crippen molar-refractivity contribution in [3.8, 4) is 10.6 Å². The van der Waals surface area contributed by atoms with Crippen LogP contribution >= 0.6 is 11.3 Å². The Hall–Kier alpha value is -4.83. The van der Waals surface area contributed by atoms with E-state index in [-0.39, 0.29) is 27.6 Å². The molecule has 0 saturated carbocycles. The van der Waals surface area contributed by atoms with Gasteiger partial charge in [0.1, 0.15) is 9.88 Å². The van der Waals surface area contributed by atoms with Gasteiger partial charge < -0.3 is 0 Å². The molecule has 5 rings (SSSR count). The van der Waals surface area contributed by atoms with Crippen molar-refractivity contribution in [3.63, 3.8) is 0 Å². The average Bonchev–Trinajstić information content (AvgIpc) is 3.41. The number of carbonyl (C=O) groups excluding carboxylic acids is 2. The summed E-state index contributed by atoms with van der Waals surface area (Å²) in [5.41, 5.74) is 5.84. The number of carbonyl (C=O) groups is 2. The molecule has 2 heterocycles. The van der Waals surface area contributed by atoms with Crippen molar-refractivity contribution >= 4 is 23.2 Å². The number of aryl methyl sites for hydroxylation is 1. The van der Waals surface area contributed by atoms with Gasteiger partial charge in [-0.2, -0.15) is 13.2 Å². The van der Waals surface area contributed by atoms with Gasteiger partial charge in [-0.25, -0.2) is 4.98 Å². The largest absolute Gasteiger partial charge is 0.417 e. The third kappa shape index (κ3) is 5.80. The fourth-order valence-electron chi connectivity index (χ4n) is 4.98. The van der Waals surface area contributed by atoms with Gasteiger partial charge in [0, 0.05) is 24.4 Å². The lowest BCUT2D eigenvalue weighted by Crippen LogP contribution is -2.45. The first-order chi connectivity index (χ1) is 20.2. The van der Waals surface area contributed by atoms with Crippen molar-refractivity contribution in [2.24, 2.45) is 0 Å². The highest BCUT2D eigenvalue weighted by Gasteiger charge is 2.39. The van der Waals surface area contributed by atoms with Gasteiger partial charge in [0.25, 0.3) is 5.91 Å². The van der Waals surface area contributed by atoms with E-state index in [1.54, 1.807) is 0 Å². The SMILES string of the molecule is Cc1nc(-c2cnccc2C(F)(F)F)sc1C(=O)NNC(=O)CC(c1ccccc1)(c1ccccc1)c1ccccc1. The van der Waals surface area contributed by atoms with E-state index in [9.17, 15) is 22.8 Å². The number of hydrogen-bond acceptors (Lipinski definition) is 5. The molecule has 2 N–H and O–H groups in total. The first-order valence-corrected chi connectivity index (χ1v) is 13.8. The first-order valence-electron chi connectivity index (χ1n) is 12.9. The molecule has 0 spiro atoms. The van der Waals surface area contributed by atoms with Crippen molar-refractivity contribution in [1.29, 1.82) is 0 Å². The molecule has 0 radical (unpaired) electrons. The summed E-state index contributed by atoms with van der Waals surface area (Å²) < 4.78 is 40.6. The van der Waals surface area contributed by atoms with Crippen LogP contribution in [0.2, 0.25) is 0 Å². The van der Waals surface area contributed by atoms with E-state index in [2.05, 4.69) is 20.8 Å². The lowest BCUT2D eigenvalue weighted by atomic mass is 9.67. The topological polar surface area (TPSA) is 84.0 Å². The quantitative estimate of drug-likeness (QED) is 0.164. The molecular formula is C32H25F3N4O2S. The Balaban J connectivity index is 1.41. The second kappa shape index (κ2) is 12.0. The van der Waals surface area contributed by atoms with E-state index < -0.39 is 29.0 Å². The third-order valence-electron chi connectivity index (χ3n) is 6.90. The molecule has 10 heteroatoms. The van der Waals surface area contributed by atoms with Gasteiger partial charge in [0.2, 0.25) is 5.91 Å². The van der Waals surface area contributed by atoms with Gasteiger partial charge in [0.05, 0.1) is 16.7 Å².